The van der Waals surface area contributed by atoms with E-state index in [0.717, 1.165) is 18.4 Å². The van der Waals surface area contributed by atoms with E-state index in [9.17, 15) is 5.26 Å². The summed E-state index contributed by atoms with van der Waals surface area (Å²) in [5.41, 5.74) is 2.25. The third-order valence-electron chi connectivity index (χ3n) is 2.82. The van der Waals surface area contributed by atoms with Crippen molar-refractivity contribution in [1.82, 2.24) is 9.97 Å². The molecule has 0 spiro atoms. The zero-order valence-corrected chi connectivity index (χ0v) is 10.4. The number of aromatic nitrogens is 2. The van der Waals surface area contributed by atoms with E-state index in [1.807, 2.05) is 12.1 Å². The molecule has 1 unspecified atom stereocenters. The van der Waals surface area contributed by atoms with Gasteiger partial charge in [-0.25, -0.2) is 9.97 Å². The molecule has 0 aliphatic rings. The predicted molar refractivity (Wildman–Crippen MR) is 69.9 cm³/mol. The van der Waals surface area contributed by atoms with Crippen LogP contribution in [0.4, 0.5) is 0 Å². The lowest BCUT2D eigenvalue weighted by Gasteiger charge is -2.08. The summed E-state index contributed by atoms with van der Waals surface area (Å²) >= 11 is 0. The molecule has 2 rings (SSSR count). The molecule has 3 heteroatoms. The van der Waals surface area contributed by atoms with Crippen LogP contribution in [0.1, 0.15) is 36.2 Å². The Morgan fingerprint density at radius 1 is 1.17 bits per heavy atom. The molecular weight excluding hydrogens is 222 g/mol. The van der Waals surface area contributed by atoms with Crippen LogP contribution in [0.2, 0.25) is 0 Å². The molecule has 0 amide bonds. The quantitative estimate of drug-likeness (QED) is 0.821. The Balaban J connectivity index is 2.26. The molecule has 0 bridgehead atoms. The molecule has 18 heavy (non-hydrogen) atoms. The van der Waals surface area contributed by atoms with Gasteiger partial charge in [0.25, 0.3) is 0 Å². The van der Waals surface area contributed by atoms with Gasteiger partial charge in [-0.3, -0.25) is 0 Å². The predicted octanol–water partition coefficient (Wildman–Crippen LogP) is 3.08. The molecule has 0 saturated carbocycles. The molecule has 0 aliphatic heterocycles. The van der Waals surface area contributed by atoms with Crippen molar-refractivity contribution in [3.63, 3.8) is 0 Å². The number of nitrogens with zero attached hydrogens (tertiary/aromatic N) is 3. The van der Waals surface area contributed by atoms with Gasteiger partial charge in [0.05, 0.1) is 6.07 Å². The van der Waals surface area contributed by atoms with Crippen LogP contribution >= 0.6 is 0 Å². The van der Waals surface area contributed by atoms with E-state index in [0.29, 0.717) is 5.82 Å². The SMILES string of the molecule is CCCc1ccc(C(C#N)c2ncccn2)cc1. The average molecular weight is 237 g/mol. The van der Waals surface area contributed by atoms with E-state index < -0.39 is 0 Å². The van der Waals surface area contributed by atoms with Crippen molar-refractivity contribution in [1.29, 1.82) is 5.26 Å². The lowest BCUT2D eigenvalue weighted by atomic mass is 9.97. The zero-order chi connectivity index (χ0) is 12.8. The first-order chi connectivity index (χ1) is 8.85. The number of nitriles is 1. The van der Waals surface area contributed by atoms with Crippen molar-refractivity contribution in [3.05, 3.63) is 59.7 Å². The Morgan fingerprint density at radius 2 is 1.83 bits per heavy atom. The van der Waals surface area contributed by atoms with Gasteiger partial charge in [-0.05, 0) is 23.6 Å². The van der Waals surface area contributed by atoms with E-state index in [2.05, 4.69) is 35.1 Å². The average Bonchev–Trinajstić information content (AvgIpc) is 2.43. The Labute approximate surface area is 107 Å². The number of hydrogen-bond acceptors (Lipinski definition) is 3. The fourth-order valence-electron chi connectivity index (χ4n) is 1.91. The smallest absolute Gasteiger partial charge is 0.149 e. The summed E-state index contributed by atoms with van der Waals surface area (Å²) in [7, 11) is 0. The van der Waals surface area contributed by atoms with Crippen LogP contribution in [0.15, 0.2) is 42.7 Å². The van der Waals surface area contributed by atoms with E-state index in [4.69, 9.17) is 0 Å². The van der Waals surface area contributed by atoms with Crippen LogP contribution in [0, 0.1) is 11.3 Å². The summed E-state index contributed by atoms with van der Waals surface area (Å²) in [6.07, 6.45) is 5.53. The molecule has 2 aromatic rings. The maximum atomic E-state index is 9.28. The summed E-state index contributed by atoms with van der Waals surface area (Å²) in [6, 6.07) is 12.2. The maximum Gasteiger partial charge on any atom is 0.149 e. The van der Waals surface area contributed by atoms with E-state index in [1.54, 1.807) is 18.5 Å². The summed E-state index contributed by atoms with van der Waals surface area (Å²) < 4.78 is 0. The highest BCUT2D eigenvalue weighted by Gasteiger charge is 2.15. The third kappa shape index (κ3) is 2.72. The summed E-state index contributed by atoms with van der Waals surface area (Å²) in [6.45, 7) is 2.16. The van der Waals surface area contributed by atoms with Crippen molar-refractivity contribution in [3.8, 4) is 6.07 Å². The topological polar surface area (TPSA) is 49.6 Å². The molecule has 3 nitrogen and oxygen atoms in total. The van der Waals surface area contributed by atoms with Crippen LogP contribution in [-0.4, -0.2) is 9.97 Å². The Hall–Kier alpha value is -2.21. The Kier molecular flexibility index (Phi) is 4.03. The highest BCUT2D eigenvalue weighted by atomic mass is 14.9. The second-order valence-electron chi connectivity index (χ2n) is 4.16. The fraction of sp³-hybridized carbons (Fsp3) is 0.267. The fourth-order valence-corrected chi connectivity index (χ4v) is 1.91. The number of hydrogen-bond donors (Lipinski definition) is 0. The van der Waals surface area contributed by atoms with Gasteiger partial charge in [0.2, 0.25) is 0 Å². The molecule has 1 atom stereocenters. The van der Waals surface area contributed by atoms with Gasteiger partial charge in [-0.15, -0.1) is 0 Å². The van der Waals surface area contributed by atoms with E-state index in [-0.39, 0.29) is 5.92 Å². The minimum atomic E-state index is -0.387. The number of aryl methyl sites for hydroxylation is 1. The van der Waals surface area contributed by atoms with Gasteiger partial charge in [0.15, 0.2) is 0 Å². The van der Waals surface area contributed by atoms with Gasteiger partial charge in [-0.1, -0.05) is 37.6 Å². The van der Waals surface area contributed by atoms with Gasteiger partial charge >= 0.3 is 0 Å². The molecule has 0 aliphatic carbocycles. The molecule has 90 valence electrons. The Morgan fingerprint density at radius 3 is 2.39 bits per heavy atom. The van der Waals surface area contributed by atoms with Crippen molar-refractivity contribution < 1.29 is 0 Å². The van der Waals surface area contributed by atoms with Crippen LogP contribution in [-0.2, 0) is 6.42 Å². The lowest BCUT2D eigenvalue weighted by molar-refractivity contribution is 0.883. The van der Waals surface area contributed by atoms with Crippen LogP contribution in [0.25, 0.3) is 0 Å². The number of benzene rings is 1. The molecule has 0 fully saturated rings. The molecule has 0 N–H and O–H groups in total. The van der Waals surface area contributed by atoms with Crippen molar-refractivity contribution in [2.45, 2.75) is 25.7 Å². The first-order valence-corrected chi connectivity index (χ1v) is 6.10. The monoisotopic (exact) mass is 237 g/mol. The normalized spacial score (nSPS) is 11.8. The van der Waals surface area contributed by atoms with Crippen LogP contribution < -0.4 is 0 Å². The van der Waals surface area contributed by atoms with E-state index in [1.165, 1.54) is 5.56 Å². The minimum Gasteiger partial charge on any atom is -0.240 e. The van der Waals surface area contributed by atoms with Gasteiger partial charge < -0.3 is 0 Å². The minimum absolute atomic E-state index is 0.387. The first-order valence-electron chi connectivity index (χ1n) is 6.10. The largest absolute Gasteiger partial charge is 0.240 e. The van der Waals surface area contributed by atoms with Crippen molar-refractivity contribution in [2.24, 2.45) is 0 Å². The van der Waals surface area contributed by atoms with Crippen molar-refractivity contribution in [2.75, 3.05) is 0 Å². The van der Waals surface area contributed by atoms with Crippen LogP contribution in [0.3, 0.4) is 0 Å². The molecule has 1 aromatic carbocycles. The molecule has 0 radical (unpaired) electrons. The van der Waals surface area contributed by atoms with Gasteiger partial charge in [0, 0.05) is 12.4 Å². The standard InChI is InChI=1S/C15H15N3/c1-2-4-12-5-7-13(8-6-12)14(11-16)15-17-9-3-10-18-15/h3,5-10,14H,2,4H2,1H3. The van der Waals surface area contributed by atoms with Crippen molar-refractivity contribution >= 4 is 0 Å². The van der Waals surface area contributed by atoms with Gasteiger partial charge in [0.1, 0.15) is 11.7 Å². The summed E-state index contributed by atoms with van der Waals surface area (Å²) in [4.78, 5) is 8.30. The summed E-state index contributed by atoms with van der Waals surface area (Å²) in [5.74, 6) is 0.171. The van der Waals surface area contributed by atoms with E-state index >= 15 is 0 Å². The second-order valence-corrected chi connectivity index (χ2v) is 4.16. The number of rotatable bonds is 4. The molecule has 1 aromatic heterocycles. The summed E-state index contributed by atoms with van der Waals surface area (Å²) in [5, 5.41) is 9.28. The molecule has 0 saturated heterocycles. The third-order valence-corrected chi connectivity index (χ3v) is 2.82. The molecular formula is C15H15N3. The maximum absolute atomic E-state index is 9.28. The highest BCUT2D eigenvalue weighted by molar-refractivity contribution is 5.33. The second kappa shape index (κ2) is 5.92. The van der Waals surface area contributed by atoms with Gasteiger partial charge in [-0.2, -0.15) is 5.26 Å². The zero-order valence-electron chi connectivity index (χ0n) is 10.4. The lowest BCUT2D eigenvalue weighted by Crippen LogP contribution is -2.03. The first kappa shape index (κ1) is 12.3. The molecule has 1 heterocycles. The Bertz CT molecular complexity index is 526. The van der Waals surface area contributed by atoms with Crippen LogP contribution in [0.5, 0.6) is 0 Å². The highest BCUT2D eigenvalue weighted by Crippen LogP contribution is 2.21.